The molecular formula is C14H24N4OS. The minimum Gasteiger partial charge on any atom is -0.339 e. The van der Waals surface area contributed by atoms with Crippen molar-refractivity contribution in [3.05, 3.63) is 11.7 Å². The summed E-state index contributed by atoms with van der Waals surface area (Å²) in [4.78, 5) is 7.03. The van der Waals surface area contributed by atoms with Crippen molar-refractivity contribution in [2.45, 2.75) is 50.1 Å². The fourth-order valence-electron chi connectivity index (χ4n) is 3.19. The van der Waals surface area contributed by atoms with E-state index in [0.717, 1.165) is 36.9 Å². The number of thioether (sulfide) groups is 1. The molecule has 0 radical (unpaired) electrons. The first kappa shape index (κ1) is 14.4. The van der Waals surface area contributed by atoms with Crippen molar-refractivity contribution in [3.63, 3.8) is 0 Å². The van der Waals surface area contributed by atoms with E-state index in [1.807, 2.05) is 11.8 Å². The molecule has 2 aliphatic rings. The molecule has 1 saturated carbocycles. The number of aromatic nitrogens is 2. The zero-order valence-electron chi connectivity index (χ0n) is 12.3. The van der Waals surface area contributed by atoms with Crippen LogP contribution in [0.15, 0.2) is 4.52 Å². The lowest BCUT2D eigenvalue weighted by Gasteiger charge is -2.36. The van der Waals surface area contributed by atoms with Gasteiger partial charge in [-0.25, -0.2) is 0 Å². The van der Waals surface area contributed by atoms with Crippen molar-refractivity contribution in [2.75, 3.05) is 25.1 Å². The lowest BCUT2D eigenvalue weighted by atomic mass is 9.72. The molecule has 1 aliphatic heterocycles. The van der Waals surface area contributed by atoms with E-state index in [9.17, 15) is 0 Å². The molecule has 1 aliphatic carbocycles. The normalized spacial score (nSPS) is 36.1. The Labute approximate surface area is 124 Å². The number of hydrogen-bond acceptors (Lipinski definition) is 6. The van der Waals surface area contributed by atoms with E-state index in [2.05, 4.69) is 24.0 Å². The van der Waals surface area contributed by atoms with Gasteiger partial charge in [0.2, 0.25) is 5.89 Å². The van der Waals surface area contributed by atoms with Crippen LogP contribution in [0.4, 0.5) is 0 Å². The van der Waals surface area contributed by atoms with Crippen LogP contribution in [0.1, 0.15) is 50.4 Å². The summed E-state index contributed by atoms with van der Waals surface area (Å²) in [6.07, 6.45) is 4.50. The zero-order valence-corrected chi connectivity index (χ0v) is 13.2. The highest BCUT2D eigenvalue weighted by Crippen LogP contribution is 2.38. The standard InChI is InChI=1S/C14H24N4OS/c1-14(6-4-3-5-11(14)15)13-16-12(17-19-13)10-9-20-8-7-18(10)2/h10-11H,3-9,15H2,1-2H3. The summed E-state index contributed by atoms with van der Waals surface area (Å²) in [5, 5.41) is 4.25. The van der Waals surface area contributed by atoms with Gasteiger partial charge in [0.1, 0.15) is 0 Å². The molecule has 5 nitrogen and oxygen atoms in total. The molecule has 20 heavy (non-hydrogen) atoms. The first-order valence-corrected chi connectivity index (χ1v) is 8.64. The average molecular weight is 296 g/mol. The molecule has 1 aromatic rings. The number of hydrogen-bond donors (Lipinski definition) is 1. The van der Waals surface area contributed by atoms with Crippen molar-refractivity contribution in [2.24, 2.45) is 5.73 Å². The third-order valence-corrected chi connectivity index (χ3v) is 5.93. The Morgan fingerprint density at radius 2 is 2.30 bits per heavy atom. The largest absolute Gasteiger partial charge is 0.339 e. The van der Waals surface area contributed by atoms with Crippen LogP contribution in [0.5, 0.6) is 0 Å². The lowest BCUT2D eigenvalue weighted by Crippen LogP contribution is -2.45. The molecule has 0 amide bonds. The molecule has 0 spiro atoms. The quantitative estimate of drug-likeness (QED) is 0.899. The molecule has 3 rings (SSSR count). The van der Waals surface area contributed by atoms with Gasteiger partial charge in [0.05, 0.1) is 11.5 Å². The summed E-state index contributed by atoms with van der Waals surface area (Å²) in [6, 6.07) is 0.401. The third kappa shape index (κ3) is 2.49. The smallest absolute Gasteiger partial charge is 0.234 e. The minimum atomic E-state index is -0.149. The summed E-state index contributed by atoms with van der Waals surface area (Å²) >= 11 is 1.96. The van der Waals surface area contributed by atoms with Crippen molar-refractivity contribution in [1.29, 1.82) is 0 Å². The summed E-state index contributed by atoms with van der Waals surface area (Å²) in [5.74, 6) is 3.79. The van der Waals surface area contributed by atoms with Gasteiger partial charge in [0.25, 0.3) is 0 Å². The fourth-order valence-corrected chi connectivity index (χ4v) is 4.40. The van der Waals surface area contributed by atoms with Gasteiger partial charge in [-0.2, -0.15) is 16.7 Å². The van der Waals surface area contributed by atoms with Gasteiger partial charge in [-0.1, -0.05) is 18.0 Å². The molecule has 2 fully saturated rings. The maximum Gasteiger partial charge on any atom is 0.234 e. The van der Waals surface area contributed by atoms with Crippen molar-refractivity contribution in [3.8, 4) is 0 Å². The second-order valence-electron chi connectivity index (χ2n) is 6.30. The van der Waals surface area contributed by atoms with Crippen molar-refractivity contribution < 1.29 is 4.52 Å². The van der Waals surface area contributed by atoms with Gasteiger partial charge in [0, 0.05) is 24.1 Å². The first-order chi connectivity index (χ1) is 9.61. The van der Waals surface area contributed by atoms with E-state index in [1.165, 1.54) is 18.6 Å². The van der Waals surface area contributed by atoms with Crippen LogP contribution >= 0.6 is 11.8 Å². The Hall–Kier alpha value is -0.590. The topological polar surface area (TPSA) is 68.2 Å². The van der Waals surface area contributed by atoms with E-state index in [4.69, 9.17) is 15.2 Å². The van der Waals surface area contributed by atoms with E-state index >= 15 is 0 Å². The number of nitrogens with zero attached hydrogens (tertiary/aromatic N) is 3. The summed E-state index contributed by atoms with van der Waals surface area (Å²) in [5.41, 5.74) is 6.17. The highest BCUT2D eigenvalue weighted by atomic mass is 32.2. The molecule has 1 aromatic heterocycles. The first-order valence-electron chi connectivity index (χ1n) is 7.49. The predicted molar refractivity (Wildman–Crippen MR) is 80.8 cm³/mol. The molecule has 3 unspecified atom stereocenters. The third-order valence-electron chi connectivity index (χ3n) is 4.90. The van der Waals surface area contributed by atoms with Gasteiger partial charge >= 0.3 is 0 Å². The Morgan fingerprint density at radius 1 is 1.45 bits per heavy atom. The van der Waals surface area contributed by atoms with Crippen LogP contribution < -0.4 is 5.73 Å². The Kier molecular flexibility index (Phi) is 4.06. The van der Waals surface area contributed by atoms with Gasteiger partial charge in [-0.05, 0) is 26.8 Å². The van der Waals surface area contributed by atoms with Crippen LogP contribution in [0.25, 0.3) is 0 Å². The second kappa shape index (κ2) is 5.66. The predicted octanol–water partition coefficient (Wildman–Crippen LogP) is 1.95. The zero-order chi connectivity index (χ0) is 14.2. The van der Waals surface area contributed by atoms with Crippen LogP contribution in [0.2, 0.25) is 0 Å². The Morgan fingerprint density at radius 3 is 3.05 bits per heavy atom. The Balaban J connectivity index is 1.82. The maximum absolute atomic E-state index is 6.32. The van der Waals surface area contributed by atoms with Gasteiger partial charge in [0.15, 0.2) is 5.82 Å². The molecule has 6 heteroatoms. The van der Waals surface area contributed by atoms with Crippen LogP contribution in [-0.4, -0.2) is 46.2 Å². The van der Waals surface area contributed by atoms with Crippen LogP contribution in [0.3, 0.4) is 0 Å². The Bertz CT molecular complexity index is 466. The number of rotatable bonds is 2. The lowest BCUT2D eigenvalue weighted by molar-refractivity contribution is 0.201. The average Bonchev–Trinajstić information content (AvgIpc) is 2.93. The van der Waals surface area contributed by atoms with E-state index < -0.39 is 0 Å². The molecule has 1 saturated heterocycles. The molecule has 2 N–H and O–H groups in total. The van der Waals surface area contributed by atoms with Gasteiger partial charge < -0.3 is 10.3 Å². The highest BCUT2D eigenvalue weighted by molar-refractivity contribution is 7.99. The van der Waals surface area contributed by atoms with E-state index in [0.29, 0.717) is 0 Å². The van der Waals surface area contributed by atoms with Crippen LogP contribution in [-0.2, 0) is 5.41 Å². The summed E-state index contributed by atoms with van der Waals surface area (Å²) in [6.45, 7) is 3.25. The molecule has 0 aromatic carbocycles. The maximum atomic E-state index is 6.32. The second-order valence-corrected chi connectivity index (χ2v) is 7.45. The van der Waals surface area contributed by atoms with E-state index in [-0.39, 0.29) is 17.5 Å². The molecule has 112 valence electrons. The molecule has 2 heterocycles. The SMILES string of the molecule is CN1CCSCC1c1noc(C2(C)CCCCC2N)n1. The molecule has 0 bridgehead atoms. The molecular weight excluding hydrogens is 272 g/mol. The van der Waals surface area contributed by atoms with Gasteiger partial charge in [-0.3, -0.25) is 4.90 Å². The molecule has 3 atom stereocenters. The van der Waals surface area contributed by atoms with Gasteiger partial charge in [-0.15, -0.1) is 0 Å². The summed E-state index contributed by atoms with van der Waals surface area (Å²) < 4.78 is 5.60. The van der Waals surface area contributed by atoms with Crippen LogP contribution in [0, 0.1) is 0 Å². The monoisotopic (exact) mass is 296 g/mol. The van der Waals surface area contributed by atoms with Crippen molar-refractivity contribution >= 4 is 11.8 Å². The van der Waals surface area contributed by atoms with E-state index in [1.54, 1.807) is 0 Å². The fraction of sp³-hybridized carbons (Fsp3) is 0.857. The number of nitrogens with two attached hydrogens (primary N) is 1. The highest BCUT2D eigenvalue weighted by Gasteiger charge is 2.41. The summed E-state index contributed by atoms with van der Waals surface area (Å²) in [7, 11) is 2.13. The van der Waals surface area contributed by atoms with Crippen molar-refractivity contribution in [1.82, 2.24) is 15.0 Å². The minimum absolute atomic E-state index is 0.128.